The first-order valence-corrected chi connectivity index (χ1v) is 6.56. The summed E-state index contributed by atoms with van der Waals surface area (Å²) in [5.41, 5.74) is 2.39. The fraction of sp³-hybridized carbons (Fsp3) is 0.714. The Balaban J connectivity index is 2.11. The Labute approximate surface area is 104 Å². The predicted molar refractivity (Wildman–Crippen MR) is 71.2 cm³/mol. The molecule has 0 saturated heterocycles. The largest absolute Gasteiger partial charge is 0.366 e. The molecule has 2 rings (SSSR count). The average molecular weight is 233 g/mol. The van der Waals surface area contributed by atoms with Crippen LogP contribution in [0.1, 0.15) is 50.9 Å². The van der Waals surface area contributed by atoms with Crippen molar-refractivity contribution in [2.24, 2.45) is 5.41 Å². The third kappa shape index (κ3) is 2.76. The molecule has 0 amide bonds. The molecular weight excluding hydrogens is 210 g/mol. The van der Waals surface area contributed by atoms with Gasteiger partial charge in [0.1, 0.15) is 5.82 Å². The Kier molecular flexibility index (Phi) is 3.36. The van der Waals surface area contributed by atoms with Crippen molar-refractivity contribution >= 4 is 5.82 Å². The van der Waals surface area contributed by atoms with E-state index in [0.717, 1.165) is 17.2 Å². The number of aryl methyl sites for hydroxylation is 2. The van der Waals surface area contributed by atoms with E-state index in [9.17, 15) is 0 Å². The molecule has 1 aromatic heterocycles. The molecule has 3 heteroatoms. The van der Waals surface area contributed by atoms with Crippen LogP contribution in [0.3, 0.4) is 0 Å². The highest BCUT2D eigenvalue weighted by atomic mass is 15.0. The van der Waals surface area contributed by atoms with Crippen LogP contribution in [0.4, 0.5) is 5.82 Å². The van der Waals surface area contributed by atoms with Gasteiger partial charge in [0, 0.05) is 6.04 Å². The van der Waals surface area contributed by atoms with Crippen molar-refractivity contribution in [1.82, 2.24) is 9.97 Å². The van der Waals surface area contributed by atoms with E-state index in [1.165, 1.54) is 25.7 Å². The minimum atomic E-state index is 0.360. The molecule has 0 radical (unpaired) electrons. The Morgan fingerprint density at radius 2 is 2.00 bits per heavy atom. The van der Waals surface area contributed by atoms with Crippen molar-refractivity contribution in [2.45, 2.75) is 59.4 Å². The van der Waals surface area contributed by atoms with Gasteiger partial charge in [0.05, 0.1) is 17.6 Å². The summed E-state index contributed by atoms with van der Waals surface area (Å²) in [5.74, 6) is 0.924. The van der Waals surface area contributed by atoms with E-state index in [2.05, 4.69) is 29.1 Å². The molecule has 1 unspecified atom stereocenters. The van der Waals surface area contributed by atoms with Gasteiger partial charge < -0.3 is 5.32 Å². The molecule has 0 bridgehead atoms. The molecule has 0 spiro atoms. The van der Waals surface area contributed by atoms with Crippen molar-refractivity contribution < 1.29 is 0 Å². The van der Waals surface area contributed by atoms with Crippen LogP contribution >= 0.6 is 0 Å². The maximum absolute atomic E-state index is 4.56. The Morgan fingerprint density at radius 1 is 1.24 bits per heavy atom. The fourth-order valence-electron chi connectivity index (χ4n) is 2.55. The highest BCUT2D eigenvalue weighted by molar-refractivity contribution is 5.35. The van der Waals surface area contributed by atoms with E-state index in [1.807, 2.05) is 20.0 Å². The van der Waals surface area contributed by atoms with Gasteiger partial charge >= 0.3 is 0 Å². The molecule has 94 valence electrons. The number of rotatable bonds is 2. The molecule has 0 aliphatic heterocycles. The molecule has 0 aromatic carbocycles. The lowest BCUT2D eigenvalue weighted by molar-refractivity contribution is 0.216. The van der Waals surface area contributed by atoms with Crippen LogP contribution in [0.5, 0.6) is 0 Å². The molecule has 1 aromatic rings. The lowest BCUT2D eigenvalue weighted by atomic mass is 9.73. The third-order valence-electron chi connectivity index (χ3n) is 4.02. The zero-order valence-electron chi connectivity index (χ0n) is 11.4. The van der Waals surface area contributed by atoms with Gasteiger partial charge in [-0.3, -0.25) is 4.98 Å². The second-order valence-electron chi connectivity index (χ2n) is 5.86. The zero-order chi connectivity index (χ0) is 12.5. The minimum Gasteiger partial charge on any atom is -0.366 e. The monoisotopic (exact) mass is 233 g/mol. The summed E-state index contributed by atoms with van der Waals surface area (Å²) in [6, 6.07) is 0.521. The van der Waals surface area contributed by atoms with Crippen LogP contribution < -0.4 is 5.32 Å². The predicted octanol–water partition coefficient (Wildman–Crippen LogP) is 3.47. The summed E-state index contributed by atoms with van der Waals surface area (Å²) in [6.07, 6.45) is 7.06. The van der Waals surface area contributed by atoms with Gasteiger partial charge in [0.25, 0.3) is 0 Å². The van der Waals surface area contributed by atoms with E-state index in [4.69, 9.17) is 0 Å². The molecular formula is C14H23N3. The van der Waals surface area contributed by atoms with E-state index >= 15 is 0 Å². The third-order valence-corrected chi connectivity index (χ3v) is 4.02. The Morgan fingerprint density at radius 3 is 2.65 bits per heavy atom. The summed E-state index contributed by atoms with van der Waals surface area (Å²) in [5, 5.41) is 3.57. The van der Waals surface area contributed by atoms with Gasteiger partial charge in [0.15, 0.2) is 0 Å². The molecule has 1 N–H and O–H groups in total. The highest BCUT2D eigenvalue weighted by Gasteiger charge is 2.32. The van der Waals surface area contributed by atoms with E-state index in [0.29, 0.717) is 11.5 Å². The standard InChI is InChI=1S/C14H23N3/c1-10-11(2)16-13(9-15-10)17-12-7-5-6-8-14(12,3)4/h9,12H,5-8H2,1-4H3,(H,16,17). The molecule has 17 heavy (non-hydrogen) atoms. The van der Waals surface area contributed by atoms with Gasteiger partial charge in [-0.25, -0.2) is 4.98 Å². The number of nitrogens with one attached hydrogen (secondary N) is 1. The minimum absolute atomic E-state index is 0.360. The molecule has 1 atom stereocenters. The summed E-state index contributed by atoms with van der Waals surface area (Å²) in [7, 11) is 0. The summed E-state index contributed by atoms with van der Waals surface area (Å²) in [6.45, 7) is 8.70. The van der Waals surface area contributed by atoms with Crippen LogP contribution in [-0.4, -0.2) is 16.0 Å². The van der Waals surface area contributed by atoms with Gasteiger partial charge in [-0.05, 0) is 32.1 Å². The number of hydrogen-bond acceptors (Lipinski definition) is 3. The smallest absolute Gasteiger partial charge is 0.145 e. The maximum Gasteiger partial charge on any atom is 0.145 e. The average Bonchev–Trinajstić information content (AvgIpc) is 2.26. The van der Waals surface area contributed by atoms with Crippen molar-refractivity contribution in [3.05, 3.63) is 17.6 Å². The second-order valence-corrected chi connectivity index (χ2v) is 5.86. The molecule has 3 nitrogen and oxygen atoms in total. The first kappa shape index (κ1) is 12.3. The molecule has 1 saturated carbocycles. The fourth-order valence-corrected chi connectivity index (χ4v) is 2.55. The Bertz CT molecular complexity index is 398. The van der Waals surface area contributed by atoms with Crippen molar-refractivity contribution in [2.75, 3.05) is 5.32 Å². The topological polar surface area (TPSA) is 37.8 Å². The van der Waals surface area contributed by atoms with Gasteiger partial charge in [0.2, 0.25) is 0 Å². The number of aromatic nitrogens is 2. The zero-order valence-corrected chi connectivity index (χ0v) is 11.4. The van der Waals surface area contributed by atoms with Crippen LogP contribution in [0, 0.1) is 19.3 Å². The van der Waals surface area contributed by atoms with Gasteiger partial charge in [-0.1, -0.05) is 26.7 Å². The molecule has 1 aliphatic carbocycles. The van der Waals surface area contributed by atoms with Crippen molar-refractivity contribution in [1.29, 1.82) is 0 Å². The molecule has 1 fully saturated rings. The van der Waals surface area contributed by atoms with Crippen LogP contribution in [-0.2, 0) is 0 Å². The van der Waals surface area contributed by atoms with E-state index < -0.39 is 0 Å². The first-order valence-electron chi connectivity index (χ1n) is 6.56. The van der Waals surface area contributed by atoms with Gasteiger partial charge in [-0.2, -0.15) is 0 Å². The maximum atomic E-state index is 4.56. The quantitative estimate of drug-likeness (QED) is 0.850. The second kappa shape index (κ2) is 4.63. The summed E-state index contributed by atoms with van der Waals surface area (Å²) in [4.78, 5) is 8.93. The number of anilines is 1. The van der Waals surface area contributed by atoms with E-state index in [1.54, 1.807) is 0 Å². The van der Waals surface area contributed by atoms with Crippen LogP contribution in [0.2, 0.25) is 0 Å². The van der Waals surface area contributed by atoms with Crippen molar-refractivity contribution in [3.8, 4) is 0 Å². The molecule has 1 aliphatic rings. The van der Waals surface area contributed by atoms with Crippen LogP contribution in [0.15, 0.2) is 6.20 Å². The number of hydrogen-bond donors (Lipinski definition) is 1. The van der Waals surface area contributed by atoms with Crippen molar-refractivity contribution in [3.63, 3.8) is 0 Å². The normalized spacial score (nSPS) is 23.4. The van der Waals surface area contributed by atoms with Crippen LogP contribution in [0.25, 0.3) is 0 Å². The van der Waals surface area contributed by atoms with E-state index in [-0.39, 0.29) is 0 Å². The van der Waals surface area contributed by atoms with Gasteiger partial charge in [-0.15, -0.1) is 0 Å². The Hall–Kier alpha value is -1.12. The number of nitrogens with zero attached hydrogens (tertiary/aromatic N) is 2. The SMILES string of the molecule is Cc1ncc(NC2CCCCC2(C)C)nc1C. The highest BCUT2D eigenvalue weighted by Crippen LogP contribution is 2.36. The lowest BCUT2D eigenvalue weighted by Crippen LogP contribution is -2.39. The lowest BCUT2D eigenvalue weighted by Gasteiger charge is -2.39. The summed E-state index contributed by atoms with van der Waals surface area (Å²) >= 11 is 0. The summed E-state index contributed by atoms with van der Waals surface area (Å²) < 4.78 is 0. The molecule has 1 heterocycles. The first-order chi connectivity index (χ1) is 7.99.